The van der Waals surface area contributed by atoms with Crippen molar-refractivity contribution in [1.82, 2.24) is 5.32 Å². The molecule has 1 nitrogen and oxygen atoms in total. The lowest BCUT2D eigenvalue weighted by Gasteiger charge is -2.36. The van der Waals surface area contributed by atoms with Gasteiger partial charge >= 0.3 is 0 Å². The molecule has 0 rings (SSSR count). The minimum absolute atomic E-state index is 0.219. The van der Waals surface area contributed by atoms with E-state index in [1.165, 1.54) is 12.8 Å². The Bertz CT molecular complexity index is 142. The van der Waals surface area contributed by atoms with E-state index in [-0.39, 0.29) is 11.1 Å². The molecule has 1 unspecified atom stereocenters. The van der Waals surface area contributed by atoms with Crippen LogP contribution in [-0.2, 0) is 0 Å². The molecular weight excluding hydrogens is 158 g/mol. The summed E-state index contributed by atoms with van der Waals surface area (Å²) in [5, 5.41) is 3.66. The molecule has 1 heteroatoms. The van der Waals surface area contributed by atoms with Gasteiger partial charge in [-0.1, -0.05) is 20.3 Å². The van der Waals surface area contributed by atoms with E-state index in [1.807, 2.05) is 0 Å². The summed E-state index contributed by atoms with van der Waals surface area (Å²) in [6, 6.07) is 0. The van der Waals surface area contributed by atoms with Crippen molar-refractivity contribution in [3.63, 3.8) is 0 Å². The minimum Gasteiger partial charge on any atom is -0.307 e. The molecule has 0 spiro atoms. The van der Waals surface area contributed by atoms with Gasteiger partial charge in [-0.3, -0.25) is 0 Å². The van der Waals surface area contributed by atoms with Crippen molar-refractivity contribution in [3.05, 3.63) is 0 Å². The van der Waals surface area contributed by atoms with Gasteiger partial charge in [0.2, 0.25) is 0 Å². The summed E-state index contributed by atoms with van der Waals surface area (Å²) in [4.78, 5) is 0. The van der Waals surface area contributed by atoms with Gasteiger partial charge in [0.05, 0.1) is 0 Å². The van der Waals surface area contributed by atoms with Crippen molar-refractivity contribution in [2.45, 2.75) is 72.4 Å². The summed E-state index contributed by atoms with van der Waals surface area (Å²) in [6.45, 7) is 15.9. The van der Waals surface area contributed by atoms with E-state index in [0.29, 0.717) is 0 Å². The first-order chi connectivity index (χ1) is 5.66. The average Bonchev–Trinajstić information content (AvgIpc) is 1.80. The molecule has 0 aliphatic rings. The number of hydrogen-bond donors (Lipinski definition) is 1. The molecule has 0 bridgehead atoms. The predicted molar refractivity (Wildman–Crippen MR) is 61.0 cm³/mol. The molecule has 0 aromatic carbocycles. The Hall–Kier alpha value is -0.0400. The normalized spacial score (nSPS) is 15.9. The molecule has 13 heavy (non-hydrogen) atoms. The molecule has 0 radical (unpaired) electrons. The lowest BCUT2D eigenvalue weighted by Crippen LogP contribution is -2.50. The monoisotopic (exact) mass is 185 g/mol. The highest BCUT2D eigenvalue weighted by Crippen LogP contribution is 2.21. The van der Waals surface area contributed by atoms with Gasteiger partial charge in [-0.05, 0) is 47.0 Å². The van der Waals surface area contributed by atoms with Crippen LogP contribution in [0.5, 0.6) is 0 Å². The molecule has 0 aromatic heterocycles. The third kappa shape index (κ3) is 7.06. The standard InChI is InChI=1S/C12H27N/c1-8-10(2)9-12(6,7)13-11(3,4)5/h10,13H,8-9H2,1-7H3. The van der Waals surface area contributed by atoms with Crippen LogP contribution in [0.25, 0.3) is 0 Å². The fourth-order valence-corrected chi connectivity index (χ4v) is 2.08. The molecule has 0 amide bonds. The SMILES string of the molecule is CCC(C)CC(C)(C)NC(C)(C)C. The Balaban J connectivity index is 4.08. The van der Waals surface area contributed by atoms with Crippen molar-refractivity contribution in [1.29, 1.82) is 0 Å². The first kappa shape index (κ1) is 13.0. The molecular formula is C12H27N. The van der Waals surface area contributed by atoms with Gasteiger partial charge in [-0.25, -0.2) is 0 Å². The maximum absolute atomic E-state index is 3.66. The second-order valence-corrected chi connectivity index (χ2v) is 5.98. The molecule has 0 aliphatic carbocycles. The van der Waals surface area contributed by atoms with E-state index < -0.39 is 0 Å². The summed E-state index contributed by atoms with van der Waals surface area (Å²) >= 11 is 0. The van der Waals surface area contributed by atoms with E-state index in [2.05, 4.69) is 53.8 Å². The zero-order chi connectivity index (χ0) is 10.7. The second-order valence-electron chi connectivity index (χ2n) is 5.98. The van der Waals surface area contributed by atoms with Crippen molar-refractivity contribution < 1.29 is 0 Å². The third-order valence-electron chi connectivity index (χ3n) is 2.27. The van der Waals surface area contributed by atoms with Crippen molar-refractivity contribution >= 4 is 0 Å². The lowest BCUT2D eigenvalue weighted by atomic mass is 9.88. The Morgan fingerprint density at radius 3 is 1.85 bits per heavy atom. The maximum Gasteiger partial charge on any atom is 0.0132 e. The summed E-state index contributed by atoms with van der Waals surface area (Å²) in [5.41, 5.74) is 0.477. The Morgan fingerprint density at radius 1 is 1.08 bits per heavy atom. The maximum atomic E-state index is 3.66. The van der Waals surface area contributed by atoms with Crippen LogP contribution in [0.15, 0.2) is 0 Å². The van der Waals surface area contributed by atoms with Crippen LogP contribution in [0.4, 0.5) is 0 Å². The first-order valence-electron chi connectivity index (χ1n) is 5.45. The van der Waals surface area contributed by atoms with Gasteiger partial charge in [-0.2, -0.15) is 0 Å². The molecule has 80 valence electrons. The van der Waals surface area contributed by atoms with Crippen LogP contribution in [0.3, 0.4) is 0 Å². The number of nitrogens with one attached hydrogen (secondary N) is 1. The second kappa shape index (κ2) is 4.45. The summed E-state index contributed by atoms with van der Waals surface area (Å²) in [6.07, 6.45) is 2.52. The first-order valence-corrected chi connectivity index (χ1v) is 5.45. The van der Waals surface area contributed by atoms with Crippen LogP contribution >= 0.6 is 0 Å². The zero-order valence-electron chi connectivity index (χ0n) is 10.5. The number of hydrogen-bond acceptors (Lipinski definition) is 1. The summed E-state index contributed by atoms with van der Waals surface area (Å²) in [5.74, 6) is 0.810. The lowest BCUT2D eigenvalue weighted by molar-refractivity contribution is 0.237. The van der Waals surface area contributed by atoms with E-state index >= 15 is 0 Å². The molecule has 1 N–H and O–H groups in total. The fourth-order valence-electron chi connectivity index (χ4n) is 2.08. The quantitative estimate of drug-likeness (QED) is 0.706. The smallest absolute Gasteiger partial charge is 0.0132 e. The van der Waals surface area contributed by atoms with E-state index in [1.54, 1.807) is 0 Å². The molecule has 0 aliphatic heterocycles. The molecule has 0 fully saturated rings. The highest BCUT2D eigenvalue weighted by atomic mass is 15.0. The van der Waals surface area contributed by atoms with Crippen LogP contribution in [-0.4, -0.2) is 11.1 Å². The highest BCUT2D eigenvalue weighted by molar-refractivity contribution is 4.86. The molecule has 0 heterocycles. The van der Waals surface area contributed by atoms with Crippen LogP contribution in [0.1, 0.15) is 61.3 Å². The van der Waals surface area contributed by atoms with Gasteiger partial charge in [0, 0.05) is 11.1 Å². The largest absolute Gasteiger partial charge is 0.307 e. The predicted octanol–water partition coefficient (Wildman–Crippen LogP) is 3.59. The fraction of sp³-hybridized carbons (Fsp3) is 1.00. The van der Waals surface area contributed by atoms with Gasteiger partial charge < -0.3 is 5.32 Å². The topological polar surface area (TPSA) is 12.0 Å². The van der Waals surface area contributed by atoms with Gasteiger partial charge in [0.15, 0.2) is 0 Å². The molecule has 0 saturated heterocycles. The Kier molecular flexibility index (Phi) is 4.44. The van der Waals surface area contributed by atoms with E-state index in [9.17, 15) is 0 Å². The van der Waals surface area contributed by atoms with E-state index in [0.717, 1.165) is 5.92 Å². The molecule has 0 saturated carbocycles. The van der Waals surface area contributed by atoms with E-state index in [4.69, 9.17) is 0 Å². The van der Waals surface area contributed by atoms with Gasteiger partial charge in [0.1, 0.15) is 0 Å². The third-order valence-corrected chi connectivity index (χ3v) is 2.27. The van der Waals surface area contributed by atoms with Gasteiger partial charge in [-0.15, -0.1) is 0 Å². The average molecular weight is 185 g/mol. The molecule has 0 aromatic rings. The minimum atomic E-state index is 0.219. The molecule has 1 atom stereocenters. The van der Waals surface area contributed by atoms with Crippen LogP contribution < -0.4 is 5.32 Å². The summed E-state index contributed by atoms with van der Waals surface area (Å²) < 4.78 is 0. The zero-order valence-corrected chi connectivity index (χ0v) is 10.5. The van der Waals surface area contributed by atoms with Crippen LogP contribution in [0.2, 0.25) is 0 Å². The Labute approximate surface area is 84.3 Å². The van der Waals surface area contributed by atoms with Gasteiger partial charge in [0.25, 0.3) is 0 Å². The highest BCUT2D eigenvalue weighted by Gasteiger charge is 2.25. The Morgan fingerprint density at radius 2 is 1.54 bits per heavy atom. The van der Waals surface area contributed by atoms with Crippen LogP contribution in [0, 0.1) is 5.92 Å². The van der Waals surface area contributed by atoms with Crippen molar-refractivity contribution in [2.24, 2.45) is 5.92 Å². The summed E-state index contributed by atoms with van der Waals surface area (Å²) in [7, 11) is 0. The van der Waals surface area contributed by atoms with Crippen molar-refractivity contribution in [2.75, 3.05) is 0 Å². The van der Waals surface area contributed by atoms with Crippen molar-refractivity contribution in [3.8, 4) is 0 Å². The number of rotatable bonds is 4.